The average molecular weight is 275 g/mol. The highest BCUT2D eigenvalue weighted by atomic mass is 32.2. The van der Waals surface area contributed by atoms with Crippen LogP contribution in [-0.2, 0) is 10.0 Å². The summed E-state index contributed by atoms with van der Waals surface area (Å²) in [6.45, 7) is 4.80. The molecule has 0 saturated carbocycles. The minimum absolute atomic E-state index is 0.0465. The van der Waals surface area contributed by atoms with Crippen LogP contribution in [0.3, 0.4) is 0 Å². The van der Waals surface area contributed by atoms with E-state index < -0.39 is 21.9 Å². The van der Waals surface area contributed by atoms with Crippen LogP contribution >= 0.6 is 0 Å². The molecule has 0 fully saturated rings. The van der Waals surface area contributed by atoms with Crippen molar-refractivity contribution in [1.29, 1.82) is 0 Å². The van der Waals surface area contributed by atoms with E-state index in [0.29, 0.717) is 17.5 Å². The number of nitrogens with one attached hydrogen (secondary N) is 1. The molecule has 0 aliphatic carbocycles. The van der Waals surface area contributed by atoms with Crippen LogP contribution in [0.15, 0.2) is 17.0 Å². The Balaban J connectivity index is 3.06. The maximum Gasteiger partial charge on any atom is 0.241 e. The van der Waals surface area contributed by atoms with E-state index in [1.54, 1.807) is 20.8 Å². The summed E-state index contributed by atoms with van der Waals surface area (Å²) in [7, 11) is -3.72. The van der Waals surface area contributed by atoms with Crippen LogP contribution < -0.4 is 4.72 Å². The van der Waals surface area contributed by atoms with E-state index in [0.717, 1.165) is 0 Å². The lowest BCUT2D eigenvalue weighted by Crippen LogP contribution is -2.32. The monoisotopic (exact) mass is 275 g/mol. The first kappa shape index (κ1) is 15.1. The molecule has 18 heavy (non-hydrogen) atoms. The maximum absolute atomic E-state index is 13.1. The zero-order chi connectivity index (χ0) is 13.9. The summed E-state index contributed by atoms with van der Waals surface area (Å²) >= 11 is 0. The molecule has 1 atom stereocenters. The van der Waals surface area contributed by atoms with Crippen LogP contribution in [0.2, 0.25) is 0 Å². The number of benzene rings is 1. The van der Waals surface area contributed by atoms with Crippen molar-refractivity contribution in [3.8, 4) is 0 Å². The molecule has 0 aliphatic heterocycles. The summed E-state index contributed by atoms with van der Waals surface area (Å²) in [4.78, 5) is 0.0761. The molecule has 1 aromatic rings. The van der Waals surface area contributed by atoms with Crippen molar-refractivity contribution in [2.45, 2.75) is 38.2 Å². The Morgan fingerprint density at radius 2 is 1.83 bits per heavy atom. The number of aliphatic hydroxyl groups excluding tert-OH is 1. The van der Waals surface area contributed by atoms with Crippen molar-refractivity contribution >= 4 is 10.0 Å². The highest BCUT2D eigenvalue weighted by Crippen LogP contribution is 2.21. The molecule has 0 radical (unpaired) electrons. The van der Waals surface area contributed by atoms with Gasteiger partial charge in [-0.1, -0.05) is 6.92 Å². The molecular formula is C12H18FNO3S. The van der Waals surface area contributed by atoms with Crippen molar-refractivity contribution in [2.24, 2.45) is 0 Å². The van der Waals surface area contributed by atoms with Crippen LogP contribution in [0.25, 0.3) is 0 Å². The number of halogens is 1. The summed E-state index contributed by atoms with van der Waals surface area (Å²) in [5, 5.41) is 9.36. The molecule has 1 rings (SSSR count). The van der Waals surface area contributed by atoms with Gasteiger partial charge in [-0.3, -0.25) is 0 Å². The van der Waals surface area contributed by atoms with E-state index in [1.807, 2.05) is 0 Å². The number of aliphatic hydroxyl groups is 1. The van der Waals surface area contributed by atoms with E-state index in [1.165, 1.54) is 12.1 Å². The first-order valence-electron chi connectivity index (χ1n) is 5.72. The van der Waals surface area contributed by atoms with Gasteiger partial charge in [-0.15, -0.1) is 0 Å². The molecule has 4 nitrogen and oxygen atoms in total. The van der Waals surface area contributed by atoms with Gasteiger partial charge in [-0.2, -0.15) is 0 Å². The SMILES string of the molecule is CCC(O)CNS(=O)(=O)c1c(C)cc(F)cc1C. The van der Waals surface area contributed by atoms with Gasteiger partial charge in [0.25, 0.3) is 0 Å². The number of sulfonamides is 1. The molecule has 0 heterocycles. The Hall–Kier alpha value is -0.980. The Bertz CT molecular complexity index is 505. The van der Waals surface area contributed by atoms with E-state index in [-0.39, 0.29) is 11.4 Å². The largest absolute Gasteiger partial charge is 0.392 e. The number of hydrogen-bond acceptors (Lipinski definition) is 3. The molecule has 0 spiro atoms. The van der Waals surface area contributed by atoms with Crippen LogP contribution in [0, 0.1) is 19.7 Å². The van der Waals surface area contributed by atoms with Gasteiger partial charge in [0, 0.05) is 6.54 Å². The third kappa shape index (κ3) is 3.51. The van der Waals surface area contributed by atoms with Gasteiger partial charge in [-0.25, -0.2) is 17.5 Å². The van der Waals surface area contributed by atoms with Gasteiger partial charge in [0.2, 0.25) is 10.0 Å². The van der Waals surface area contributed by atoms with E-state index in [2.05, 4.69) is 4.72 Å². The minimum atomic E-state index is -3.72. The summed E-state index contributed by atoms with van der Waals surface area (Å²) in [5.41, 5.74) is 0.706. The lowest BCUT2D eigenvalue weighted by molar-refractivity contribution is 0.174. The molecule has 0 aliphatic rings. The molecule has 102 valence electrons. The molecule has 1 unspecified atom stereocenters. The Morgan fingerprint density at radius 3 is 2.28 bits per heavy atom. The zero-order valence-corrected chi connectivity index (χ0v) is 11.5. The predicted molar refractivity (Wildman–Crippen MR) is 67.4 cm³/mol. The topological polar surface area (TPSA) is 66.4 Å². The van der Waals surface area contributed by atoms with Gasteiger partial charge in [0.1, 0.15) is 5.82 Å². The van der Waals surface area contributed by atoms with Gasteiger partial charge in [-0.05, 0) is 43.5 Å². The molecule has 0 amide bonds. The molecular weight excluding hydrogens is 257 g/mol. The number of hydrogen-bond donors (Lipinski definition) is 2. The fraction of sp³-hybridized carbons (Fsp3) is 0.500. The third-order valence-corrected chi connectivity index (χ3v) is 4.40. The highest BCUT2D eigenvalue weighted by Gasteiger charge is 2.20. The number of rotatable bonds is 5. The Kier molecular flexibility index (Phi) is 4.84. The average Bonchev–Trinajstić information content (AvgIpc) is 2.24. The van der Waals surface area contributed by atoms with E-state index in [4.69, 9.17) is 0 Å². The third-order valence-electron chi connectivity index (χ3n) is 2.67. The predicted octanol–water partition coefficient (Wildman–Crippen LogP) is 1.49. The normalized spacial score (nSPS) is 13.6. The maximum atomic E-state index is 13.1. The Morgan fingerprint density at radius 1 is 1.33 bits per heavy atom. The van der Waals surface area contributed by atoms with Gasteiger partial charge < -0.3 is 5.11 Å². The second-order valence-electron chi connectivity index (χ2n) is 4.28. The molecule has 0 aromatic heterocycles. The van der Waals surface area contributed by atoms with Gasteiger partial charge in [0.15, 0.2) is 0 Å². The summed E-state index contributed by atoms with van der Waals surface area (Å²) in [5.74, 6) is -0.461. The van der Waals surface area contributed by atoms with E-state index in [9.17, 15) is 17.9 Å². The molecule has 0 saturated heterocycles. The lowest BCUT2D eigenvalue weighted by Gasteiger charge is -2.14. The van der Waals surface area contributed by atoms with Crippen LogP contribution in [0.5, 0.6) is 0 Å². The van der Waals surface area contributed by atoms with Gasteiger partial charge >= 0.3 is 0 Å². The first-order chi connectivity index (χ1) is 8.27. The van der Waals surface area contributed by atoms with Crippen LogP contribution in [0.1, 0.15) is 24.5 Å². The molecule has 6 heteroatoms. The fourth-order valence-electron chi connectivity index (χ4n) is 1.74. The second-order valence-corrected chi connectivity index (χ2v) is 5.99. The molecule has 1 aromatic carbocycles. The van der Waals surface area contributed by atoms with Crippen molar-refractivity contribution in [3.63, 3.8) is 0 Å². The molecule has 2 N–H and O–H groups in total. The summed E-state index contributed by atoms with van der Waals surface area (Å²) < 4.78 is 39.6. The smallest absolute Gasteiger partial charge is 0.241 e. The van der Waals surface area contributed by atoms with Crippen molar-refractivity contribution in [2.75, 3.05) is 6.54 Å². The second kappa shape index (κ2) is 5.77. The zero-order valence-electron chi connectivity index (χ0n) is 10.7. The van der Waals surface area contributed by atoms with Gasteiger partial charge in [0.05, 0.1) is 11.0 Å². The van der Waals surface area contributed by atoms with Crippen molar-refractivity contribution in [3.05, 3.63) is 29.1 Å². The Labute approximate surface area is 107 Å². The quantitative estimate of drug-likeness (QED) is 0.855. The standard InChI is InChI=1S/C12H18FNO3S/c1-4-11(15)7-14-18(16,17)12-8(2)5-10(13)6-9(12)3/h5-6,11,14-15H,4,7H2,1-3H3. The van der Waals surface area contributed by atoms with Crippen LogP contribution in [-0.4, -0.2) is 26.2 Å². The lowest BCUT2D eigenvalue weighted by atomic mass is 10.1. The highest BCUT2D eigenvalue weighted by molar-refractivity contribution is 7.89. The van der Waals surface area contributed by atoms with E-state index >= 15 is 0 Å². The fourth-order valence-corrected chi connectivity index (χ4v) is 3.27. The van der Waals surface area contributed by atoms with Crippen molar-refractivity contribution in [1.82, 2.24) is 4.72 Å². The minimum Gasteiger partial charge on any atom is -0.392 e. The molecule has 0 bridgehead atoms. The van der Waals surface area contributed by atoms with Crippen LogP contribution in [0.4, 0.5) is 4.39 Å². The number of aryl methyl sites for hydroxylation is 2. The van der Waals surface area contributed by atoms with Crippen molar-refractivity contribution < 1.29 is 17.9 Å². The summed E-state index contributed by atoms with van der Waals surface area (Å²) in [6.07, 6.45) is -0.259. The summed E-state index contributed by atoms with van der Waals surface area (Å²) in [6, 6.07) is 2.36. The first-order valence-corrected chi connectivity index (χ1v) is 7.20.